The van der Waals surface area contributed by atoms with Gasteiger partial charge in [0, 0.05) is 26.1 Å². The van der Waals surface area contributed by atoms with Crippen LogP contribution >= 0.6 is 0 Å². The molecule has 0 bridgehead atoms. The third-order valence-electron chi connectivity index (χ3n) is 4.05. The first kappa shape index (κ1) is 18.3. The summed E-state index contributed by atoms with van der Waals surface area (Å²) in [5.41, 5.74) is 1.16. The van der Waals surface area contributed by atoms with Crippen LogP contribution in [0.15, 0.2) is 24.3 Å². The standard InChI is InChI=1S/C19H28N2O3/c1-14(2)12-21-13-16(11-18(21)22)19(23)20-8-5-9-24-17-7-4-6-15(3)10-17/h4,6-7,10,14,16H,5,8-9,11-13H2,1-3H3,(H,20,23). The van der Waals surface area contributed by atoms with E-state index in [2.05, 4.69) is 19.2 Å². The minimum absolute atomic E-state index is 0.0230. The number of carbonyl (C=O) groups excluding carboxylic acids is 2. The first-order chi connectivity index (χ1) is 11.5. The molecular formula is C19H28N2O3. The molecule has 2 rings (SSSR count). The van der Waals surface area contributed by atoms with Crippen LogP contribution in [0.25, 0.3) is 0 Å². The smallest absolute Gasteiger partial charge is 0.225 e. The van der Waals surface area contributed by atoms with Gasteiger partial charge < -0.3 is 15.0 Å². The molecular weight excluding hydrogens is 304 g/mol. The highest BCUT2D eigenvalue weighted by molar-refractivity contribution is 5.89. The van der Waals surface area contributed by atoms with Crippen molar-refractivity contribution in [3.63, 3.8) is 0 Å². The Morgan fingerprint density at radius 2 is 2.21 bits per heavy atom. The molecule has 0 aromatic heterocycles. The Labute approximate surface area is 144 Å². The number of likely N-dealkylation sites (tertiary alicyclic amines) is 1. The molecule has 5 heteroatoms. The molecule has 1 fully saturated rings. The van der Waals surface area contributed by atoms with Gasteiger partial charge in [0.1, 0.15) is 5.75 Å². The van der Waals surface area contributed by atoms with E-state index in [0.29, 0.717) is 32.0 Å². The lowest BCUT2D eigenvalue weighted by molar-refractivity contribution is -0.129. The van der Waals surface area contributed by atoms with E-state index in [9.17, 15) is 9.59 Å². The molecule has 1 unspecified atom stereocenters. The average molecular weight is 332 g/mol. The summed E-state index contributed by atoms with van der Waals surface area (Å²) < 4.78 is 5.66. The largest absolute Gasteiger partial charge is 0.494 e. The topological polar surface area (TPSA) is 58.6 Å². The molecule has 1 atom stereocenters. The van der Waals surface area contributed by atoms with Gasteiger partial charge >= 0.3 is 0 Å². The van der Waals surface area contributed by atoms with Gasteiger partial charge in [-0.25, -0.2) is 0 Å². The van der Waals surface area contributed by atoms with E-state index in [1.54, 1.807) is 4.90 Å². The lowest BCUT2D eigenvalue weighted by atomic mass is 10.1. The van der Waals surface area contributed by atoms with Crippen LogP contribution in [-0.2, 0) is 9.59 Å². The molecule has 2 amide bonds. The highest BCUT2D eigenvalue weighted by Gasteiger charge is 2.34. The Hall–Kier alpha value is -2.04. The predicted molar refractivity (Wildman–Crippen MR) is 93.8 cm³/mol. The Kier molecular flexibility index (Phi) is 6.64. The van der Waals surface area contributed by atoms with Crippen molar-refractivity contribution >= 4 is 11.8 Å². The van der Waals surface area contributed by atoms with Crippen molar-refractivity contribution in [1.29, 1.82) is 0 Å². The quantitative estimate of drug-likeness (QED) is 0.744. The van der Waals surface area contributed by atoms with E-state index < -0.39 is 0 Å². The summed E-state index contributed by atoms with van der Waals surface area (Å²) in [5, 5.41) is 2.92. The second-order valence-electron chi connectivity index (χ2n) is 6.90. The van der Waals surface area contributed by atoms with Crippen molar-refractivity contribution in [1.82, 2.24) is 10.2 Å². The van der Waals surface area contributed by atoms with Gasteiger partial charge in [0.05, 0.1) is 12.5 Å². The van der Waals surface area contributed by atoms with Gasteiger partial charge in [-0.3, -0.25) is 9.59 Å². The summed E-state index contributed by atoms with van der Waals surface area (Å²) in [6.45, 7) is 8.59. The van der Waals surface area contributed by atoms with Crippen molar-refractivity contribution < 1.29 is 14.3 Å². The molecule has 1 aliphatic heterocycles. The molecule has 5 nitrogen and oxygen atoms in total. The number of benzene rings is 1. The zero-order valence-electron chi connectivity index (χ0n) is 14.9. The van der Waals surface area contributed by atoms with E-state index in [1.807, 2.05) is 31.2 Å². The third kappa shape index (κ3) is 5.55. The number of carbonyl (C=O) groups is 2. The summed E-state index contributed by atoms with van der Waals surface area (Å²) in [5.74, 6) is 1.13. The summed E-state index contributed by atoms with van der Waals surface area (Å²) in [6, 6.07) is 7.91. The number of hydrogen-bond donors (Lipinski definition) is 1. The number of amides is 2. The third-order valence-corrected chi connectivity index (χ3v) is 4.05. The fourth-order valence-corrected chi connectivity index (χ4v) is 2.89. The fraction of sp³-hybridized carbons (Fsp3) is 0.579. The Morgan fingerprint density at radius 3 is 2.92 bits per heavy atom. The summed E-state index contributed by atoms with van der Waals surface area (Å²) >= 11 is 0. The van der Waals surface area contributed by atoms with Crippen LogP contribution in [0.1, 0.15) is 32.3 Å². The monoisotopic (exact) mass is 332 g/mol. The highest BCUT2D eigenvalue weighted by Crippen LogP contribution is 2.19. The van der Waals surface area contributed by atoms with Crippen LogP contribution in [-0.4, -0.2) is 43.0 Å². The molecule has 0 spiro atoms. The van der Waals surface area contributed by atoms with Gasteiger partial charge in [-0.1, -0.05) is 26.0 Å². The minimum Gasteiger partial charge on any atom is -0.494 e. The number of nitrogens with one attached hydrogen (secondary N) is 1. The maximum absolute atomic E-state index is 12.2. The molecule has 1 heterocycles. The van der Waals surface area contributed by atoms with Crippen LogP contribution in [0, 0.1) is 18.8 Å². The van der Waals surface area contributed by atoms with Crippen molar-refractivity contribution in [2.75, 3.05) is 26.2 Å². The zero-order valence-corrected chi connectivity index (χ0v) is 14.9. The predicted octanol–water partition coefficient (Wildman–Crippen LogP) is 2.38. The molecule has 1 aromatic rings. The average Bonchev–Trinajstić information content (AvgIpc) is 2.87. The molecule has 0 saturated carbocycles. The molecule has 1 saturated heterocycles. The molecule has 1 aliphatic rings. The van der Waals surface area contributed by atoms with Gasteiger partial charge in [-0.05, 0) is 37.0 Å². The number of nitrogens with zero attached hydrogens (tertiary/aromatic N) is 1. The van der Waals surface area contributed by atoms with Crippen molar-refractivity contribution in [2.45, 2.75) is 33.6 Å². The van der Waals surface area contributed by atoms with Crippen LogP contribution in [0.5, 0.6) is 5.75 Å². The van der Waals surface area contributed by atoms with Crippen molar-refractivity contribution in [2.24, 2.45) is 11.8 Å². The molecule has 24 heavy (non-hydrogen) atoms. The van der Waals surface area contributed by atoms with E-state index in [1.165, 1.54) is 0 Å². The fourth-order valence-electron chi connectivity index (χ4n) is 2.89. The van der Waals surface area contributed by atoms with E-state index in [0.717, 1.165) is 24.3 Å². The van der Waals surface area contributed by atoms with Gasteiger partial charge in [0.15, 0.2) is 0 Å². The van der Waals surface area contributed by atoms with Crippen LogP contribution < -0.4 is 10.1 Å². The summed E-state index contributed by atoms with van der Waals surface area (Å²) in [4.78, 5) is 25.9. The van der Waals surface area contributed by atoms with Crippen molar-refractivity contribution in [3.05, 3.63) is 29.8 Å². The number of aryl methyl sites for hydroxylation is 1. The second-order valence-corrected chi connectivity index (χ2v) is 6.90. The van der Waals surface area contributed by atoms with Crippen LogP contribution in [0.3, 0.4) is 0 Å². The van der Waals surface area contributed by atoms with Crippen LogP contribution in [0.2, 0.25) is 0 Å². The number of hydrogen-bond acceptors (Lipinski definition) is 3. The molecule has 0 aliphatic carbocycles. The second kappa shape index (κ2) is 8.71. The van der Waals surface area contributed by atoms with Gasteiger partial charge in [-0.15, -0.1) is 0 Å². The minimum atomic E-state index is -0.214. The summed E-state index contributed by atoms with van der Waals surface area (Å²) in [6.07, 6.45) is 1.08. The first-order valence-electron chi connectivity index (χ1n) is 8.70. The van der Waals surface area contributed by atoms with Gasteiger partial charge in [0.2, 0.25) is 11.8 Å². The lowest BCUT2D eigenvalue weighted by Crippen LogP contribution is -2.34. The van der Waals surface area contributed by atoms with E-state index in [4.69, 9.17) is 4.74 Å². The van der Waals surface area contributed by atoms with E-state index >= 15 is 0 Å². The van der Waals surface area contributed by atoms with Gasteiger partial charge in [-0.2, -0.15) is 0 Å². The Bertz CT molecular complexity index is 571. The number of rotatable bonds is 8. The SMILES string of the molecule is Cc1cccc(OCCCNC(=O)C2CC(=O)N(CC(C)C)C2)c1. The Balaban J connectivity index is 1.64. The molecule has 132 valence electrons. The Morgan fingerprint density at radius 1 is 1.42 bits per heavy atom. The molecule has 1 aromatic carbocycles. The maximum atomic E-state index is 12.2. The summed E-state index contributed by atoms with van der Waals surface area (Å²) in [7, 11) is 0. The van der Waals surface area contributed by atoms with E-state index in [-0.39, 0.29) is 17.7 Å². The first-order valence-corrected chi connectivity index (χ1v) is 8.70. The number of ether oxygens (including phenoxy) is 1. The van der Waals surface area contributed by atoms with Crippen LogP contribution in [0.4, 0.5) is 0 Å². The van der Waals surface area contributed by atoms with Crippen molar-refractivity contribution in [3.8, 4) is 5.75 Å². The molecule has 1 N–H and O–H groups in total. The van der Waals surface area contributed by atoms with Gasteiger partial charge in [0.25, 0.3) is 0 Å². The lowest BCUT2D eigenvalue weighted by Gasteiger charge is -2.18. The molecule has 0 radical (unpaired) electrons. The normalized spacial score (nSPS) is 17.4. The maximum Gasteiger partial charge on any atom is 0.225 e. The zero-order chi connectivity index (χ0) is 17.5. The highest BCUT2D eigenvalue weighted by atomic mass is 16.5.